The highest BCUT2D eigenvalue weighted by atomic mass is 16.6. The van der Waals surface area contributed by atoms with Crippen molar-refractivity contribution in [3.8, 4) is 0 Å². The maximum Gasteiger partial charge on any atom is 0.119 e. The van der Waals surface area contributed by atoms with E-state index in [1.165, 1.54) is 0 Å². The molecule has 54 valence electrons. The molecule has 0 aliphatic carbocycles. The molecule has 1 saturated heterocycles. The lowest BCUT2D eigenvalue weighted by atomic mass is 10.4. The molecule has 0 saturated carbocycles. The van der Waals surface area contributed by atoms with Crippen LogP contribution in [0.15, 0.2) is 0 Å². The molecule has 9 heavy (non-hydrogen) atoms. The van der Waals surface area contributed by atoms with Crippen LogP contribution in [0.2, 0.25) is 0 Å². The largest absolute Gasteiger partial charge is 0.373 e. The van der Waals surface area contributed by atoms with E-state index in [1.54, 1.807) is 0 Å². The van der Waals surface area contributed by atoms with Gasteiger partial charge in [0.25, 0.3) is 0 Å². The van der Waals surface area contributed by atoms with E-state index in [4.69, 9.17) is 4.74 Å². The van der Waals surface area contributed by atoms with Gasteiger partial charge in [-0.1, -0.05) is 6.92 Å². The van der Waals surface area contributed by atoms with Crippen molar-refractivity contribution in [2.24, 2.45) is 0 Å². The number of carbonyl (C=O) groups is 1. The highest BCUT2D eigenvalue weighted by Crippen LogP contribution is 2.04. The van der Waals surface area contributed by atoms with Crippen molar-refractivity contribution < 1.29 is 9.53 Å². The van der Waals surface area contributed by atoms with Crippen molar-refractivity contribution in [2.75, 3.05) is 6.61 Å². The van der Waals surface area contributed by atoms with E-state index in [0.29, 0.717) is 12.5 Å². The van der Waals surface area contributed by atoms with Crippen molar-refractivity contribution >= 4 is 6.29 Å². The zero-order valence-electron chi connectivity index (χ0n) is 6.09. The summed E-state index contributed by atoms with van der Waals surface area (Å²) in [6, 6.07) is 0. The molecule has 0 spiro atoms. The molecule has 0 radical (unpaired) electrons. The second-order valence-corrected chi connectivity index (χ2v) is 2.10. The Labute approximate surface area is 56.2 Å². The maximum atomic E-state index is 9.40. The Morgan fingerprint density at radius 3 is 2.22 bits per heavy atom. The first-order valence-electron chi connectivity index (χ1n) is 3.36. The predicted molar refractivity (Wildman–Crippen MR) is 36.4 cm³/mol. The number of hydrogen-bond donors (Lipinski definition) is 0. The highest BCUT2D eigenvalue weighted by Gasteiger charge is 2.13. The Morgan fingerprint density at radius 2 is 2.22 bits per heavy atom. The Bertz CT molecular complexity index is 67.3. The van der Waals surface area contributed by atoms with Crippen LogP contribution < -0.4 is 0 Å². The Kier molecular flexibility index (Phi) is 5.52. The highest BCUT2D eigenvalue weighted by molar-refractivity contribution is 5.48. The number of ether oxygens (including phenoxy) is 1. The summed E-state index contributed by atoms with van der Waals surface area (Å²) in [4.78, 5) is 9.40. The molecule has 0 bridgehead atoms. The predicted octanol–water partition coefficient (Wildman–Crippen LogP) is 1.39. The van der Waals surface area contributed by atoms with Crippen molar-refractivity contribution in [3.63, 3.8) is 0 Å². The molecule has 0 amide bonds. The molecule has 0 N–H and O–H groups in total. The van der Waals surface area contributed by atoms with Gasteiger partial charge in [-0.3, -0.25) is 0 Å². The first-order chi connectivity index (χ1) is 4.31. The Morgan fingerprint density at radius 1 is 1.78 bits per heavy atom. The van der Waals surface area contributed by atoms with Crippen molar-refractivity contribution in [3.05, 3.63) is 0 Å². The lowest BCUT2D eigenvalue weighted by Gasteiger charge is -1.68. The van der Waals surface area contributed by atoms with Gasteiger partial charge in [-0.25, -0.2) is 0 Å². The fourth-order valence-corrected chi connectivity index (χ4v) is 0.214. The van der Waals surface area contributed by atoms with Crippen molar-refractivity contribution in [1.29, 1.82) is 0 Å². The van der Waals surface area contributed by atoms with Gasteiger partial charge in [-0.2, -0.15) is 0 Å². The number of epoxide rings is 1. The molecule has 0 aromatic carbocycles. The summed E-state index contributed by atoms with van der Waals surface area (Å²) in [5, 5.41) is 0. The minimum atomic E-state index is 0.583. The van der Waals surface area contributed by atoms with Crippen LogP contribution in [0, 0.1) is 0 Å². The number of aldehydes is 1. The van der Waals surface area contributed by atoms with Gasteiger partial charge in [0.1, 0.15) is 6.29 Å². The van der Waals surface area contributed by atoms with E-state index >= 15 is 0 Å². The van der Waals surface area contributed by atoms with E-state index in [2.05, 4.69) is 6.92 Å². The Hall–Kier alpha value is -0.370. The molecular weight excluding hydrogens is 116 g/mol. The van der Waals surface area contributed by atoms with Gasteiger partial charge in [-0.05, 0) is 13.3 Å². The molecule has 1 fully saturated rings. The monoisotopic (exact) mass is 130 g/mol. The topological polar surface area (TPSA) is 29.6 Å². The summed E-state index contributed by atoms with van der Waals surface area (Å²) in [6.07, 6.45) is 3.20. The normalized spacial score (nSPS) is 21.8. The molecule has 1 atom stereocenters. The van der Waals surface area contributed by atoms with E-state index in [-0.39, 0.29) is 0 Å². The molecule has 1 unspecified atom stereocenters. The van der Waals surface area contributed by atoms with Gasteiger partial charge in [0.15, 0.2) is 0 Å². The maximum absolute atomic E-state index is 9.40. The van der Waals surface area contributed by atoms with Crippen LogP contribution in [0.4, 0.5) is 0 Å². The van der Waals surface area contributed by atoms with Gasteiger partial charge in [0, 0.05) is 6.42 Å². The van der Waals surface area contributed by atoms with Crippen LogP contribution in [0.5, 0.6) is 0 Å². The van der Waals surface area contributed by atoms with Crippen LogP contribution in [0.3, 0.4) is 0 Å². The van der Waals surface area contributed by atoms with Crippen molar-refractivity contribution in [1.82, 2.24) is 0 Å². The summed E-state index contributed by atoms with van der Waals surface area (Å²) in [5.41, 5.74) is 0. The van der Waals surface area contributed by atoms with E-state index in [1.807, 2.05) is 6.92 Å². The first kappa shape index (κ1) is 8.63. The smallest absolute Gasteiger partial charge is 0.119 e. The summed E-state index contributed by atoms with van der Waals surface area (Å²) >= 11 is 0. The summed E-state index contributed by atoms with van der Waals surface area (Å²) in [6.45, 7) is 5.02. The molecule has 1 rings (SSSR count). The lowest BCUT2D eigenvalue weighted by Crippen LogP contribution is -1.64. The molecule has 2 nitrogen and oxygen atoms in total. The number of carbonyl (C=O) groups excluding carboxylic acids is 1. The van der Waals surface area contributed by atoms with Crippen LogP contribution in [-0.4, -0.2) is 19.0 Å². The molecule has 1 heterocycles. The third-order valence-electron chi connectivity index (χ3n) is 0.907. The van der Waals surface area contributed by atoms with Gasteiger partial charge in [-0.15, -0.1) is 0 Å². The van der Waals surface area contributed by atoms with Gasteiger partial charge >= 0.3 is 0 Å². The zero-order chi connectivity index (χ0) is 7.11. The molecular formula is C7H14O2. The number of hydrogen-bond acceptors (Lipinski definition) is 2. The third kappa shape index (κ3) is 11.3. The van der Waals surface area contributed by atoms with Crippen LogP contribution in [-0.2, 0) is 9.53 Å². The van der Waals surface area contributed by atoms with Crippen LogP contribution >= 0.6 is 0 Å². The van der Waals surface area contributed by atoms with E-state index in [9.17, 15) is 4.79 Å². The van der Waals surface area contributed by atoms with E-state index in [0.717, 1.165) is 19.3 Å². The zero-order valence-corrected chi connectivity index (χ0v) is 6.09. The minimum Gasteiger partial charge on any atom is -0.373 e. The standard InChI is InChI=1S/C4H8O.C3H6O/c1-2-3-4-5;1-3-2-4-3/h4H,2-3H2,1H3;3H,2H2,1H3. The fourth-order valence-electron chi connectivity index (χ4n) is 0.214. The minimum absolute atomic E-state index is 0.583. The van der Waals surface area contributed by atoms with Gasteiger partial charge in [0.2, 0.25) is 0 Å². The van der Waals surface area contributed by atoms with Gasteiger partial charge in [0.05, 0.1) is 12.7 Å². The third-order valence-corrected chi connectivity index (χ3v) is 0.907. The first-order valence-corrected chi connectivity index (χ1v) is 3.36. The van der Waals surface area contributed by atoms with Crippen LogP contribution in [0.25, 0.3) is 0 Å². The Balaban J connectivity index is 0.000000144. The molecule has 1 aliphatic rings. The average Bonchev–Trinajstić information content (AvgIpc) is 2.55. The number of unbranched alkanes of at least 4 members (excludes halogenated alkanes) is 1. The average molecular weight is 130 g/mol. The fraction of sp³-hybridized carbons (Fsp3) is 0.857. The van der Waals surface area contributed by atoms with E-state index < -0.39 is 0 Å². The van der Waals surface area contributed by atoms with Crippen LogP contribution in [0.1, 0.15) is 26.7 Å². The van der Waals surface area contributed by atoms with Gasteiger partial charge < -0.3 is 9.53 Å². The molecule has 0 aromatic heterocycles. The molecule has 1 aliphatic heterocycles. The lowest BCUT2D eigenvalue weighted by molar-refractivity contribution is -0.107. The summed E-state index contributed by atoms with van der Waals surface area (Å²) < 4.78 is 4.71. The molecule has 2 heteroatoms. The second-order valence-electron chi connectivity index (χ2n) is 2.10. The summed E-state index contributed by atoms with van der Waals surface area (Å²) in [7, 11) is 0. The number of rotatable bonds is 2. The summed E-state index contributed by atoms with van der Waals surface area (Å²) in [5.74, 6) is 0. The molecule has 0 aromatic rings. The van der Waals surface area contributed by atoms with Crippen molar-refractivity contribution in [2.45, 2.75) is 32.8 Å². The quantitative estimate of drug-likeness (QED) is 0.417. The SMILES string of the molecule is CC1CO1.CCCC=O. The second kappa shape index (κ2) is 5.76.